The van der Waals surface area contributed by atoms with Crippen LogP contribution in [0.2, 0.25) is 0 Å². The van der Waals surface area contributed by atoms with Crippen LogP contribution in [0.1, 0.15) is 38.3 Å². The lowest BCUT2D eigenvalue weighted by Gasteiger charge is -2.03. The number of unbranched alkanes of at least 4 members (excludes halogenated alkanes) is 3. The Labute approximate surface area is 86.8 Å². The van der Waals surface area contributed by atoms with Gasteiger partial charge >= 0.3 is 0 Å². The summed E-state index contributed by atoms with van der Waals surface area (Å²) in [5.74, 6) is 0. The summed E-state index contributed by atoms with van der Waals surface area (Å²) < 4.78 is 0. The summed E-state index contributed by atoms with van der Waals surface area (Å²) in [6.45, 7) is 4.24. The summed E-state index contributed by atoms with van der Waals surface area (Å²) >= 11 is 0. The number of aromatic nitrogens is 1. The smallest absolute Gasteiger partial charge is 0.0541 e. The van der Waals surface area contributed by atoms with E-state index in [9.17, 15) is 0 Å². The van der Waals surface area contributed by atoms with Crippen molar-refractivity contribution in [3.63, 3.8) is 0 Å². The monoisotopic (exact) mass is 192 g/mol. The molecule has 0 atom stereocenters. The minimum atomic E-state index is 0.896. The van der Waals surface area contributed by atoms with Crippen LogP contribution in [0.25, 0.3) is 0 Å². The fraction of sp³-hybridized carbons (Fsp3) is 0.583. The molecular formula is C12H20N2. The van der Waals surface area contributed by atoms with E-state index in [4.69, 9.17) is 0 Å². The summed E-state index contributed by atoms with van der Waals surface area (Å²) in [5.41, 5.74) is 1.13. The lowest BCUT2D eigenvalue weighted by Crippen LogP contribution is -2.15. The lowest BCUT2D eigenvalue weighted by atomic mass is 10.2. The van der Waals surface area contributed by atoms with E-state index in [-0.39, 0.29) is 0 Å². The molecule has 1 aromatic rings. The van der Waals surface area contributed by atoms with Crippen LogP contribution in [-0.4, -0.2) is 11.5 Å². The van der Waals surface area contributed by atoms with Gasteiger partial charge in [0, 0.05) is 12.7 Å². The van der Waals surface area contributed by atoms with Gasteiger partial charge in [-0.15, -0.1) is 0 Å². The first kappa shape index (κ1) is 11.2. The Bertz CT molecular complexity index is 221. The number of hydrogen-bond donors (Lipinski definition) is 1. The minimum absolute atomic E-state index is 0.896. The van der Waals surface area contributed by atoms with Crippen molar-refractivity contribution in [1.82, 2.24) is 10.3 Å². The second-order valence-electron chi connectivity index (χ2n) is 3.56. The zero-order chi connectivity index (χ0) is 10.1. The quantitative estimate of drug-likeness (QED) is 0.672. The van der Waals surface area contributed by atoms with Crippen LogP contribution in [0.4, 0.5) is 0 Å². The highest BCUT2D eigenvalue weighted by molar-refractivity contribution is 5.02. The zero-order valence-electron chi connectivity index (χ0n) is 9.00. The topological polar surface area (TPSA) is 24.9 Å². The van der Waals surface area contributed by atoms with Gasteiger partial charge in [0.25, 0.3) is 0 Å². The highest BCUT2D eigenvalue weighted by Gasteiger charge is 1.91. The first-order valence-corrected chi connectivity index (χ1v) is 5.54. The Kier molecular flexibility index (Phi) is 6.00. The van der Waals surface area contributed by atoms with E-state index in [2.05, 4.69) is 23.3 Å². The molecule has 0 aliphatic heterocycles. The predicted molar refractivity (Wildman–Crippen MR) is 60.1 cm³/mol. The first-order chi connectivity index (χ1) is 6.93. The lowest BCUT2D eigenvalue weighted by molar-refractivity contribution is 0.593. The van der Waals surface area contributed by atoms with Gasteiger partial charge in [0.05, 0.1) is 5.69 Å². The molecule has 1 heterocycles. The van der Waals surface area contributed by atoms with Gasteiger partial charge in [-0.2, -0.15) is 0 Å². The standard InChI is InChI=1S/C12H20N2/c1-2-3-4-6-9-13-11-12-8-5-7-10-14-12/h5,7-8,10,13H,2-4,6,9,11H2,1H3. The SMILES string of the molecule is CCCCCCNCc1ccccn1. The van der Waals surface area contributed by atoms with Crippen molar-refractivity contribution in [1.29, 1.82) is 0 Å². The van der Waals surface area contributed by atoms with E-state index in [0.717, 1.165) is 18.8 Å². The first-order valence-electron chi connectivity index (χ1n) is 5.54. The molecule has 0 fully saturated rings. The highest BCUT2D eigenvalue weighted by Crippen LogP contribution is 1.97. The van der Waals surface area contributed by atoms with Crippen LogP contribution in [0.3, 0.4) is 0 Å². The van der Waals surface area contributed by atoms with Crippen molar-refractivity contribution in [3.05, 3.63) is 30.1 Å². The number of rotatable bonds is 7. The van der Waals surface area contributed by atoms with Gasteiger partial charge in [-0.05, 0) is 25.1 Å². The number of pyridine rings is 1. The molecular weight excluding hydrogens is 172 g/mol. The molecule has 0 aliphatic rings. The molecule has 1 N–H and O–H groups in total. The second kappa shape index (κ2) is 7.51. The Morgan fingerprint density at radius 3 is 2.86 bits per heavy atom. The molecule has 14 heavy (non-hydrogen) atoms. The summed E-state index contributed by atoms with van der Waals surface area (Å²) in [6, 6.07) is 6.03. The van der Waals surface area contributed by atoms with Crippen molar-refractivity contribution < 1.29 is 0 Å². The largest absolute Gasteiger partial charge is 0.311 e. The van der Waals surface area contributed by atoms with Gasteiger partial charge < -0.3 is 5.32 Å². The van der Waals surface area contributed by atoms with Crippen molar-refractivity contribution in [2.45, 2.75) is 39.2 Å². The molecule has 0 bridgehead atoms. The van der Waals surface area contributed by atoms with Gasteiger partial charge in [-0.3, -0.25) is 4.98 Å². The molecule has 78 valence electrons. The van der Waals surface area contributed by atoms with Crippen molar-refractivity contribution in [2.24, 2.45) is 0 Å². The Hall–Kier alpha value is -0.890. The summed E-state index contributed by atoms with van der Waals surface area (Å²) in [5, 5.41) is 3.40. The maximum Gasteiger partial charge on any atom is 0.0541 e. The average Bonchev–Trinajstić information content (AvgIpc) is 2.25. The summed E-state index contributed by atoms with van der Waals surface area (Å²) in [6.07, 6.45) is 7.12. The van der Waals surface area contributed by atoms with Crippen LogP contribution in [-0.2, 0) is 6.54 Å². The fourth-order valence-electron chi connectivity index (χ4n) is 1.40. The minimum Gasteiger partial charge on any atom is -0.311 e. The average molecular weight is 192 g/mol. The summed E-state index contributed by atoms with van der Waals surface area (Å²) in [4.78, 5) is 4.25. The normalized spacial score (nSPS) is 10.4. The third-order valence-electron chi connectivity index (χ3n) is 2.24. The van der Waals surface area contributed by atoms with Gasteiger partial charge in [-0.1, -0.05) is 32.3 Å². The number of nitrogens with zero attached hydrogens (tertiary/aromatic N) is 1. The maximum absolute atomic E-state index is 4.25. The van der Waals surface area contributed by atoms with Gasteiger partial charge in [-0.25, -0.2) is 0 Å². The molecule has 0 saturated carbocycles. The van der Waals surface area contributed by atoms with Crippen LogP contribution in [0.5, 0.6) is 0 Å². The molecule has 2 nitrogen and oxygen atoms in total. The van der Waals surface area contributed by atoms with E-state index in [0.29, 0.717) is 0 Å². The Balaban J connectivity index is 1.99. The highest BCUT2D eigenvalue weighted by atomic mass is 14.9. The predicted octanol–water partition coefficient (Wildman–Crippen LogP) is 2.75. The molecule has 0 radical (unpaired) electrons. The van der Waals surface area contributed by atoms with Crippen molar-refractivity contribution >= 4 is 0 Å². The third kappa shape index (κ3) is 4.97. The van der Waals surface area contributed by atoms with E-state index in [1.54, 1.807) is 0 Å². The number of nitrogens with one attached hydrogen (secondary N) is 1. The summed E-state index contributed by atoms with van der Waals surface area (Å²) in [7, 11) is 0. The van der Waals surface area contributed by atoms with E-state index < -0.39 is 0 Å². The Morgan fingerprint density at radius 1 is 1.21 bits per heavy atom. The molecule has 0 spiro atoms. The van der Waals surface area contributed by atoms with Gasteiger partial charge in [0.2, 0.25) is 0 Å². The van der Waals surface area contributed by atoms with Crippen LogP contribution < -0.4 is 5.32 Å². The molecule has 1 aromatic heterocycles. The Morgan fingerprint density at radius 2 is 2.14 bits per heavy atom. The molecule has 0 unspecified atom stereocenters. The molecule has 0 aromatic carbocycles. The fourth-order valence-corrected chi connectivity index (χ4v) is 1.40. The maximum atomic E-state index is 4.25. The van der Waals surface area contributed by atoms with Crippen LogP contribution in [0.15, 0.2) is 24.4 Å². The third-order valence-corrected chi connectivity index (χ3v) is 2.24. The van der Waals surface area contributed by atoms with Crippen molar-refractivity contribution in [3.8, 4) is 0 Å². The second-order valence-corrected chi connectivity index (χ2v) is 3.56. The van der Waals surface area contributed by atoms with Gasteiger partial charge in [0.1, 0.15) is 0 Å². The van der Waals surface area contributed by atoms with E-state index in [1.165, 1.54) is 25.7 Å². The van der Waals surface area contributed by atoms with Crippen molar-refractivity contribution in [2.75, 3.05) is 6.54 Å². The number of hydrogen-bond acceptors (Lipinski definition) is 2. The van der Waals surface area contributed by atoms with Crippen LogP contribution in [0, 0.1) is 0 Å². The molecule has 0 saturated heterocycles. The molecule has 0 aliphatic carbocycles. The zero-order valence-corrected chi connectivity index (χ0v) is 9.00. The molecule has 1 rings (SSSR count). The molecule has 2 heteroatoms. The van der Waals surface area contributed by atoms with Crippen LogP contribution >= 0.6 is 0 Å². The molecule has 0 amide bonds. The van der Waals surface area contributed by atoms with E-state index >= 15 is 0 Å². The van der Waals surface area contributed by atoms with Gasteiger partial charge in [0.15, 0.2) is 0 Å². The van der Waals surface area contributed by atoms with E-state index in [1.807, 2.05) is 18.3 Å².